The number of benzene rings is 9. The third-order valence-corrected chi connectivity index (χ3v) is 12.5. The lowest BCUT2D eigenvalue weighted by atomic mass is 9.93. The highest BCUT2D eigenvalue weighted by Crippen LogP contribution is 2.42. The lowest BCUT2D eigenvalue weighted by molar-refractivity contribution is 0.443. The molecule has 63 heavy (non-hydrogen) atoms. The highest BCUT2D eigenvalue weighted by Gasteiger charge is 2.20. The average molecular weight is 805 g/mol. The van der Waals surface area contributed by atoms with Gasteiger partial charge in [-0.25, -0.2) is 0 Å². The monoisotopic (exact) mass is 804 g/mol. The average Bonchev–Trinajstić information content (AvgIpc) is 3.75. The molecule has 2 aliphatic rings. The van der Waals surface area contributed by atoms with Crippen molar-refractivity contribution in [3.05, 3.63) is 265 Å². The summed E-state index contributed by atoms with van der Waals surface area (Å²) < 4.78 is 6.23. The first kappa shape index (κ1) is 38.0. The van der Waals surface area contributed by atoms with Gasteiger partial charge >= 0.3 is 0 Å². The number of hydrogen-bond donors (Lipinski definition) is 0. The predicted molar refractivity (Wildman–Crippen MR) is 264 cm³/mol. The SMILES string of the molecule is C=C1/C=C\C(c2ccccc2)=C/Cc2cc(-c3cccc(-c4cccc(-c5cccc(-c6cccc(-c7ccc8c(c7)-c7cc(-c9ccccc9)ccc7C8)c6)c5)c4)c3)ccc2O1. The normalized spacial score (nSPS) is 14.2. The molecule has 0 spiro atoms. The van der Waals surface area contributed by atoms with Crippen LogP contribution in [0.5, 0.6) is 5.75 Å². The third-order valence-electron chi connectivity index (χ3n) is 12.5. The van der Waals surface area contributed by atoms with Gasteiger partial charge in [-0.05, 0) is 173 Å². The summed E-state index contributed by atoms with van der Waals surface area (Å²) in [6, 6.07) is 77.3. The van der Waals surface area contributed by atoms with Crippen LogP contribution in [-0.4, -0.2) is 0 Å². The van der Waals surface area contributed by atoms with Crippen LogP contribution in [0.15, 0.2) is 243 Å². The maximum Gasteiger partial charge on any atom is 0.130 e. The van der Waals surface area contributed by atoms with E-state index in [1.54, 1.807) is 0 Å². The van der Waals surface area contributed by atoms with E-state index in [1.165, 1.54) is 83.5 Å². The molecular formula is C62H44O. The third kappa shape index (κ3) is 7.78. The van der Waals surface area contributed by atoms with Gasteiger partial charge in [-0.2, -0.15) is 0 Å². The zero-order valence-corrected chi connectivity index (χ0v) is 35.0. The lowest BCUT2D eigenvalue weighted by Gasteiger charge is -2.13. The first-order valence-electron chi connectivity index (χ1n) is 21.8. The van der Waals surface area contributed by atoms with Crippen molar-refractivity contribution in [3.63, 3.8) is 0 Å². The van der Waals surface area contributed by atoms with Gasteiger partial charge in [0, 0.05) is 0 Å². The van der Waals surface area contributed by atoms with Gasteiger partial charge < -0.3 is 4.74 Å². The maximum absolute atomic E-state index is 6.23. The van der Waals surface area contributed by atoms with E-state index in [2.05, 4.69) is 225 Å². The molecule has 298 valence electrons. The first-order valence-corrected chi connectivity index (χ1v) is 21.8. The van der Waals surface area contributed by atoms with Gasteiger partial charge in [0.1, 0.15) is 11.5 Å². The number of rotatable bonds is 7. The van der Waals surface area contributed by atoms with E-state index in [9.17, 15) is 0 Å². The Kier molecular flexibility index (Phi) is 9.92. The summed E-state index contributed by atoms with van der Waals surface area (Å²) in [4.78, 5) is 0. The van der Waals surface area contributed by atoms with Crippen LogP contribution in [0.1, 0.15) is 22.3 Å². The number of ether oxygens (including phenoxy) is 1. The van der Waals surface area contributed by atoms with E-state index in [0.717, 1.165) is 40.9 Å². The molecule has 0 saturated carbocycles. The summed E-state index contributed by atoms with van der Waals surface area (Å²) in [5.41, 5.74) is 23.4. The molecule has 0 unspecified atom stereocenters. The molecule has 0 fully saturated rings. The van der Waals surface area contributed by atoms with E-state index in [1.807, 2.05) is 12.1 Å². The largest absolute Gasteiger partial charge is 0.458 e. The highest BCUT2D eigenvalue weighted by molar-refractivity contribution is 5.86. The number of hydrogen-bond acceptors (Lipinski definition) is 1. The molecule has 1 heteroatoms. The molecule has 1 aliphatic carbocycles. The van der Waals surface area contributed by atoms with Crippen LogP contribution in [-0.2, 0) is 12.8 Å². The van der Waals surface area contributed by atoms with Crippen molar-refractivity contribution in [2.45, 2.75) is 12.8 Å². The van der Waals surface area contributed by atoms with Crippen molar-refractivity contribution in [2.24, 2.45) is 0 Å². The van der Waals surface area contributed by atoms with Crippen molar-refractivity contribution >= 4 is 5.57 Å². The van der Waals surface area contributed by atoms with E-state index in [0.29, 0.717) is 5.76 Å². The number of allylic oxidation sites excluding steroid dienone is 4. The van der Waals surface area contributed by atoms with Gasteiger partial charge in [-0.3, -0.25) is 0 Å². The lowest BCUT2D eigenvalue weighted by Crippen LogP contribution is -1.95. The highest BCUT2D eigenvalue weighted by atomic mass is 16.5. The Morgan fingerprint density at radius 2 is 0.714 bits per heavy atom. The van der Waals surface area contributed by atoms with Crippen LogP contribution in [0.4, 0.5) is 0 Å². The van der Waals surface area contributed by atoms with E-state index >= 15 is 0 Å². The van der Waals surface area contributed by atoms with Crippen LogP contribution in [0, 0.1) is 0 Å². The second kappa shape index (κ2) is 16.5. The van der Waals surface area contributed by atoms with Crippen molar-refractivity contribution in [1.82, 2.24) is 0 Å². The summed E-state index contributed by atoms with van der Waals surface area (Å²) in [7, 11) is 0. The Labute approximate surface area is 370 Å². The van der Waals surface area contributed by atoms with E-state index < -0.39 is 0 Å². The Morgan fingerprint density at radius 3 is 1.21 bits per heavy atom. The fraction of sp³-hybridized carbons (Fsp3) is 0.0323. The minimum atomic E-state index is 0.619. The van der Waals surface area contributed by atoms with Gasteiger partial charge in [0.25, 0.3) is 0 Å². The van der Waals surface area contributed by atoms with Crippen LogP contribution >= 0.6 is 0 Å². The first-order chi connectivity index (χ1) is 31.1. The molecule has 0 bridgehead atoms. The quantitative estimate of drug-likeness (QED) is 0.156. The van der Waals surface area contributed by atoms with Crippen LogP contribution < -0.4 is 4.74 Å². The molecule has 0 radical (unpaired) electrons. The van der Waals surface area contributed by atoms with Crippen molar-refractivity contribution in [2.75, 3.05) is 0 Å². The zero-order chi connectivity index (χ0) is 42.1. The standard InChI is InChI=1S/C62H44O/c1-42-24-25-45(43-12-4-2-5-13-43)26-31-59-38-54(32-33-62(59)63-42)52-22-10-20-50(36-52)48-18-8-16-46(34-48)47-17-9-19-49(35-47)51-21-11-23-53(37-51)56-28-30-58-39-57-29-27-55(40-60(57)61(58)41-56)44-14-6-3-7-15-44/h2-30,32-38,40-41H,1,31,39H2/b25-24-,45-26+. The van der Waals surface area contributed by atoms with E-state index in [4.69, 9.17) is 4.74 Å². The molecule has 0 atom stereocenters. The predicted octanol–water partition coefficient (Wildman–Crippen LogP) is 16.3. The second-order valence-corrected chi connectivity index (χ2v) is 16.6. The molecule has 1 heterocycles. The molecule has 0 N–H and O–H groups in total. The summed E-state index contributed by atoms with van der Waals surface area (Å²) in [6.07, 6.45) is 8.04. The summed E-state index contributed by atoms with van der Waals surface area (Å²) in [5.74, 6) is 1.46. The zero-order valence-electron chi connectivity index (χ0n) is 35.0. The van der Waals surface area contributed by atoms with Gasteiger partial charge in [-0.1, -0.05) is 183 Å². The molecule has 0 amide bonds. The topological polar surface area (TPSA) is 9.23 Å². The van der Waals surface area contributed by atoms with Gasteiger partial charge in [0.15, 0.2) is 0 Å². The van der Waals surface area contributed by atoms with E-state index in [-0.39, 0.29) is 0 Å². The molecule has 9 aromatic rings. The molecule has 11 rings (SSSR count). The Bertz CT molecular complexity index is 3260. The smallest absolute Gasteiger partial charge is 0.130 e. The van der Waals surface area contributed by atoms with Gasteiger partial charge in [-0.15, -0.1) is 0 Å². The Balaban J connectivity index is 0.857. The van der Waals surface area contributed by atoms with Gasteiger partial charge in [0.2, 0.25) is 0 Å². The van der Waals surface area contributed by atoms with Crippen LogP contribution in [0.25, 0.3) is 83.5 Å². The molecule has 1 nitrogen and oxygen atoms in total. The molecule has 0 saturated heterocycles. The summed E-state index contributed by atoms with van der Waals surface area (Å²) >= 11 is 0. The van der Waals surface area contributed by atoms with Crippen molar-refractivity contribution in [3.8, 4) is 83.6 Å². The maximum atomic E-state index is 6.23. The molecule has 1 aliphatic heterocycles. The molecule has 9 aromatic carbocycles. The minimum absolute atomic E-state index is 0.619. The molecular weight excluding hydrogens is 761 g/mol. The fourth-order valence-corrected chi connectivity index (χ4v) is 9.18. The van der Waals surface area contributed by atoms with Crippen LogP contribution in [0.2, 0.25) is 0 Å². The fourth-order valence-electron chi connectivity index (χ4n) is 9.18. The van der Waals surface area contributed by atoms with Crippen molar-refractivity contribution < 1.29 is 4.74 Å². The van der Waals surface area contributed by atoms with Gasteiger partial charge in [0.05, 0.1) is 0 Å². The summed E-state index contributed by atoms with van der Waals surface area (Å²) in [6.45, 7) is 4.16. The molecule has 0 aromatic heterocycles. The minimum Gasteiger partial charge on any atom is -0.458 e. The van der Waals surface area contributed by atoms with Crippen LogP contribution in [0.3, 0.4) is 0 Å². The number of fused-ring (bicyclic) bond motifs is 4. The Morgan fingerprint density at radius 1 is 0.317 bits per heavy atom. The Hall–Kier alpha value is -8.00. The second-order valence-electron chi connectivity index (χ2n) is 16.6. The summed E-state index contributed by atoms with van der Waals surface area (Å²) in [5, 5.41) is 0. The van der Waals surface area contributed by atoms with Crippen molar-refractivity contribution in [1.29, 1.82) is 0 Å².